The quantitative estimate of drug-likeness (QED) is 0.644. The fourth-order valence-electron chi connectivity index (χ4n) is 2.04. The molecule has 104 valence electrons. The molecular weight excluding hydrogens is 316 g/mol. The Morgan fingerprint density at radius 2 is 1.85 bits per heavy atom. The number of Topliss-reactive ketones (excluding diaryl/α,β-unsaturated/α-hetero) is 1. The predicted molar refractivity (Wildman–Crippen MR) is 87.0 cm³/mol. The average Bonchev–Trinajstić information content (AvgIpc) is 2.41. The Balaban J connectivity index is 2.19. The molecule has 2 rings (SSSR count). The third kappa shape index (κ3) is 3.39. The summed E-state index contributed by atoms with van der Waals surface area (Å²) in [6, 6.07) is 13.7. The van der Waals surface area contributed by atoms with Crippen LogP contribution in [0.25, 0.3) is 0 Å². The van der Waals surface area contributed by atoms with Gasteiger partial charge in [0.05, 0.1) is 0 Å². The molecule has 0 aliphatic rings. The third-order valence-corrected chi connectivity index (χ3v) is 3.71. The summed E-state index contributed by atoms with van der Waals surface area (Å²) >= 11 is 3.42. The number of rotatable bonds is 4. The Bertz CT molecular complexity index is 623. The molecule has 20 heavy (non-hydrogen) atoms. The number of ketones is 1. The normalized spacial score (nSPS) is 11.9. The minimum atomic E-state index is -0.0255. The van der Waals surface area contributed by atoms with Gasteiger partial charge in [0.15, 0.2) is 5.78 Å². The van der Waals surface area contributed by atoms with Gasteiger partial charge in [0.2, 0.25) is 0 Å². The molecule has 0 aromatic heterocycles. The smallest absolute Gasteiger partial charge is 0.161 e. The van der Waals surface area contributed by atoms with Crippen molar-refractivity contribution in [2.45, 2.75) is 19.9 Å². The highest BCUT2D eigenvalue weighted by Gasteiger charge is 2.09. The summed E-state index contributed by atoms with van der Waals surface area (Å²) in [7, 11) is 0. The molecule has 4 heteroatoms. The van der Waals surface area contributed by atoms with Gasteiger partial charge >= 0.3 is 0 Å². The van der Waals surface area contributed by atoms with E-state index in [2.05, 4.69) is 40.3 Å². The van der Waals surface area contributed by atoms with Crippen LogP contribution in [0.2, 0.25) is 0 Å². The van der Waals surface area contributed by atoms with Gasteiger partial charge in [-0.05, 0) is 49.7 Å². The first kappa shape index (κ1) is 14.6. The molecule has 0 radical (unpaired) electrons. The molecule has 0 amide bonds. The Labute approximate surface area is 127 Å². The van der Waals surface area contributed by atoms with Crippen molar-refractivity contribution in [3.05, 3.63) is 58.1 Å². The predicted octanol–water partition coefficient (Wildman–Crippen LogP) is 4.41. The molecule has 0 fully saturated rings. The molecule has 0 aliphatic carbocycles. The standard InChI is InChI=1S/C16H17BrN2O/c1-10(12-3-5-13(17)6-4-12)19-14-7-8-16(18)15(9-14)11(2)20/h3-10,19H,18H2,1-2H3. The summed E-state index contributed by atoms with van der Waals surface area (Å²) < 4.78 is 1.06. The molecule has 2 aromatic rings. The highest BCUT2D eigenvalue weighted by Crippen LogP contribution is 2.24. The van der Waals surface area contributed by atoms with Gasteiger partial charge < -0.3 is 11.1 Å². The second kappa shape index (κ2) is 6.09. The topological polar surface area (TPSA) is 55.1 Å². The van der Waals surface area contributed by atoms with E-state index in [0.29, 0.717) is 11.3 Å². The lowest BCUT2D eigenvalue weighted by molar-refractivity contribution is 0.101. The van der Waals surface area contributed by atoms with Crippen LogP contribution in [0.4, 0.5) is 11.4 Å². The number of benzene rings is 2. The lowest BCUT2D eigenvalue weighted by Crippen LogP contribution is -2.08. The molecule has 0 bridgehead atoms. The van der Waals surface area contributed by atoms with Crippen molar-refractivity contribution in [2.75, 3.05) is 11.1 Å². The van der Waals surface area contributed by atoms with Gasteiger partial charge in [-0.1, -0.05) is 28.1 Å². The van der Waals surface area contributed by atoms with Gasteiger partial charge in [-0.3, -0.25) is 4.79 Å². The van der Waals surface area contributed by atoms with Crippen LogP contribution in [0.15, 0.2) is 46.9 Å². The number of halogens is 1. The molecule has 2 aromatic carbocycles. The summed E-state index contributed by atoms with van der Waals surface area (Å²) in [5.41, 5.74) is 8.93. The first-order valence-corrected chi connectivity index (χ1v) is 7.19. The van der Waals surface area contributed by atoms with Crippen molar-refractivity contribution < 1.29 is 4.79 Å². The second-order valence-corrected chi connectivity index (χ2v) is 5.69. The van der Waals surface area contributed by atoms with Crippen LogP contribution >= 0.6 is 15.9 Å². The van der Waals surface area contributed by atoms with E-state index in [9.17, 15) is 4.79 Å². The van der Waals surface area contributed by atoms with Crippen LogP contribution in [-0.4, -0.2) is 5.78 Å². The van der Waals surface area contributed by atoms with Gasteiger partial charge in [0, 0.05) is 27.5 Å². The molecule has 3 N–H and O–H groups in total. The van der Waals surface area contributed by atoms with Gasteiger partial charge in [-0.15, -0.1) is 0 Å². The zero-order valence-corrected chi connectivity index (χ0v) is 13.1. The highest BCUT2D eigenvalue weighted by molar-refractivity contribution is 9.10. The summed E-state index contributed by atoms with van der Waals surface area (Å²) in [6.45, 7) is 3.60. The molecular formula is C16H17BrN2O. The van der Waals surface area contributed by atoms with Crippen LogP contribution < -0.4 is 11.1 Å². The second-order valence-electron chi connectivity index (χ2n) is 4.78. The van der Waals surface area contributed by atoms with Crippen molar-refractivity contribution >= 4 is 33.1 Å². The van der Waals surface area contributed by atoms with Crippen molar-refractivity contribution in [3.63, 3.8) is 0 Å². The Morgan fingerprint density at radius 3 is 2.45 bits per heavy atom. The fourth-order valence-corrected chi connectivity index (χ4v) is 2.30. The minimum absolute atomic E-state index is 0.0255. The first-order valence-electron chi connectivity index (χ1n) is 6.40. The number of nitrogen functional groups attached to an aromatic ring is 1. The maximum Gasteiger partial charge on any atom is 0.161 e. The van der Waals surface area contributed by atoms with Crippen molar-refractivity contribution in [3.8, 4) is 0 Å². The Morgan fingerprint density at radius 1 is 1.20 bits per heavy atom. The van der Waals surface area contributed by atoms with Gasteiger partial charge in [-0.2, -0.15) is 0 Å². The average molecular weight is 333 g/mol. The Kier molecular flexibility index (Phi) is 4.45. The molecule has 0 spiro atoms. The number of nitrogens with two attached hydrogens (primary N) is 1. The number of hydrogen-bond acceptors (Lipinski definition) is 3. The van der Waals surface area contributed by atoms with Crippen molar-refractivity contribution in [1.82, 2.24) is 0 Å². The largest absolute Gasteiger partial charge is 0.398 e. The van der Waals surface area contributed by atoms with Crippen LogP contribution in [0, 0.1) is 0 Å². The molecule has 3 nitrogen and oxygen atoms in total. The van der Waals surface area contributed by atoms with Gasteiger partial charge in [-0.25, -0.2) is 0 Å². The minimum Gasteiger partial charge on any atom is -0.398 e. The lowest BCUT2D eigenvalue weighted by Gasteiger charge is -2.17. The lowest BCUT2D eigenvalue weighted by atomic mass is 10.1. The summed E-state index contributed by atoms with van der Waals surface area (Å²) in [5, 5.41) is 3.38. The number of carbonyl (C=O) groups is 1. The summed E-state index contributed by atoms with van der Waals surface area (Å²) in [4.78, 5) is 11.5. The molecule has 1 atom stereocenters. The highest BCUT2D eigenvalue weighted by atomic mass is 79.9. The summed E-state index contributed by atoms with van der Waals surface area (Å²) in [6.07, 6.45) is 0. The molecule has 1 unspecified atom stereocenters. The summed E-state index contributed by atoms with van der Waals surface area (Å²) in [5.74, 6) is -0.0255. The number of hydrogen-bond donors (Lipinski definition) is 2. The maximum atomic E-state index is 11.5. The van der Waals surface area contributed by atoms with Crippen LogP contribution in [-0.2, 0) is 0 Å². The van der Waals surface area contributed by atoms with Gasteiger partial charge in [0.1, 0.15) is 0 Å². The SMILES string of the molecule is CC(=O)c1cc(NC(C)c2ccc(Br)cc2)ccc1N. The van der Waals surface area contributed by atoms with E-state index < -0.39 is 0 Å². The zero-order chi connectivity index (χ0) is 14.7. The van der Waals surface area contributed by atoms with E-state index in [1.165, 1.54) is 12.5 Å². The van der Waals surface area contributed by atoms with Crippen molar-refractivity contribution in [1.29, 1.82) is 0 Å². The molecule has 0 heterocycles. The van der Waals surface area contributed by atoms with E-state index in [4.69, 9.17) is 5.73 Å². The zero-order valence-electron chi connectivity index (χ0n) is 11.5. The van der Waals surface area contributed by atoms with E-state index in [0.717, 1.165) is 10.2 Å². The monoisotopic (exact) mass is 332 g/mol. The Hall–Kier alpha value is -1.81. The van der Waals surface area contributed by atoms with E-state index >= 15 is 0 Å². The molecule has 0 aliphatic heterocycles. The maximum absolute atomic E-state index is 11.5. The fraction of sp³-hybridized carbons (Fsp3) is 0.188. The van der Waals surface area contributed by atoms with Crippen LogP contribution in [0.1, 0.15) is 35.8 Å². The van der Waals surface area contributed by atoms with E-state index in [1.807, 2.05) is 18.2 Å². The van der Waals surface area contributed by atoms with Crippen LogP contribution in [0.5, 0.6) is 0 Å². The number of carbonyl (C=O) groups excluding carboxylic acids is 1. The molecule has 0 saturated carbocycles. The van der Waals surface area contributed by atoms with E-state index in [-0.39, 0.29) is 11.8 Å². The van der Waals surface area contributed by atoms with E-state index in [1.54, 1.807) is 12.1 Å². The number of nitrogens with one attached hydrogen (secondary N) is 1. The van der Waals surface area contributed by atoms with Crippen molar-refractivity contribution in [2.24, 2.45) is 0 Å². The third-order valence-electron chi connectivity index (χ3n) is 3.19. The van der Waals surface area contributed by atoms with Crippen LogP contribution in [0.3, 0.4) is 0 Å². The van der Waals surface area contributed by atoms with Gasteiger partial charge in [0.25, 0.3) is 0 Å². The number of anilines is 2. The first-order chi connectivity index (χ1) is 9.47. The molecule has 0 saturated heterocycles.